The lowest BCUT2D eigenvalue weighted by Crippen LogP contribution is -2.21. The molecule has 0 aliphatic rings. The summed E-state index contributed by atoms with van der Waals surface area (Å²) in [5, 5.41) is 21.3. The van der Waals surface area contributed by atoms with Crippen molar-refractivity contribution in [1.82, 2.24) is 4.57 Å². The van der Waals surface area contributed by atoms with Crippen molar-refractivity contribution >= 4 is 10.9 Å². The third kappa shape index (κ3) is 3.07. The number of aromatic nitrogens is 1. The van der Waals surface area contributed by atoms with Crippen LogP contribution < -0.4 is 10.3 Å². The van der Waals surface area contributed by atoms with E-state index in [1.807, 2.05) is 48.5 Å². The van der Waals surface area contributed by atoms with Crippen LogP contribution in [-0.4, -0.2) is 21.9 Å². The van der Waals surface area contributed by atoms with Gasteiger partial charge in [0.25, 0.3) is 5.56 Å². The van der Waals surface area contributed by atoms with Gasteiger partial charge < -0.3 is 19.5 Å². The Morgan fingerprint density at radius 3 is 2.39 bits per heavy atom. The molecule has 0 bridgehead atoms. The third-order valence-electron chi connectivity index (χ3n) is 4.78. The molecule has 0 atom stereocenters. The number of benzene rings is 3. The largest absolute Gasteiger partial charge is 0.508 e. The number of hydrogen-bond donors (Lipinski definition) is 2. The van der Waals surface area contributed by atoms with E-state index in [1.165, 1.54) is 6.07 Å². The molecule has 0 radical (unpaired) electrons. The lowest BCUT2D eigenvalue weighted by atomic mass is 9.99. The number of phenols is 1. The Labute approximate surface area is 161 Å². The van der Waals surface area contributed by atoms with Crippen LogP contribution in [0.25, 0.3) is 22.0 Å². The smallest absolute Gasteiger partial charge is 0.294 e. The lowest BCUT2D eigenvalue weighted by molar-refractivity contribution is 0.414. The van der Waals surface area contributed by atoms with Crippen LogP contribution in [0.3, 0.4) is 0 Å². The summed E-state index contributed by atoms with van der Waals surface area (Å²) < 4.78 is 6.73. The molecule has 140 valence electrons. The molecule has 0 saturated heterocycles. The number of fused-ring (bicyclic) bond motifs is 1. The van der Waals surface area contributed by atoms with Crippen LogP contribution in [0.1, 0.15) is 5.56 Å². The van der Waals surface area contributed by atoms with Crippen LogP contribution in [0.4, 0.5) is 0 Å². The molecule has 5 nitrogen and oxygen atoms in total. The fourth-order valence-electron chi connectivity index (χ4n) is 3.42. The number of rotatable bonds is 4. The van der Waals surface area contributed by atoms with Gasteiger partial charge >= 0.3 is 0 Å². The standard InChI is InChI=1S/C23H19NO4/c1-28-18-11-9-15(10-12-18)14-24-20-8-3-2-7-19(20)21(22(26)23(24)27)16-5-4-6-17(25)13-16/h2-13,25-26H,14H2,1H3. The Balaban J connectivity index is 1.93. The first-order valence-corrected chi connectivity index (χ1v) is 8.85. The summed E-state index contributed by atoms with van der Waals surface area (Å²) in [6, 6.07) is 21.4. The van der Waals surface area contributed by atoms with Gasteiger partial charge in [-0.2, -0.15) is 0 Å². The van der Waals surface area contributed by atoms with E-state index in [-0.39, 0.29) is 11.5 Å². The Bertz CT molecular complexity index is 1210. The number of aromatic hydroxyl groups is 2. The van der Waals surface area contributed by atoms with Gasteiger partial charge in [-0.1, -0.05) is 42.5 Å². The monoisotopic (exact) mass is 373 g/mol. The van der Waals surface area contributed by atoms with Gasteiger partial charge in [0.1, 0.15) is 11.5 Å². The first-order valence-electron chi connectivity index (χ1n) is 8.85. The van der Waals surface area contributed by atoms with Gasteiger partial charge in [-0.25, -0.2) is 0 Å². The normalized spacial score (nSPS) is 10.9. The molecule has 2 N–H and O–H groups in total. The molecule has 4 rings (SSSR count). The van der Waals surface area contributed by atoms with Crippen LogP contribution in [0.5, 0.6) is 17.2 Å². The number of methoxy groups -OCH3 is 1. The molecule has 0 unspecified atom stereocenters. The summed E-state index contributed by atoms with van der Waals surface area (Å²) in [7, 11) is 1.60. The highest BCUT2D eigenvalue weighted by atomic mass is 16.5. The minimum absolute atomic E-state index is 0.0726. The molecular formula is C23H19NO4. The fraction of sp³-hybridized carbons (Fsp3) is 0.0870. The minimum Gasteiger partial charge on any atom is -0.508 e. The minimum atomic E-state index is -0.479. The van der Waals surface area contributed by atoms with Crippen LogP contribution in [-0.2, 0) is 6.54 Å². The Morgan fingerprint density at radius 1 is 0.929 bits per heavy atom. The zero-order chi connectivity index (χ0) is 19.7. The van der Waals surface area contributed by atoms with Crippen LogP contribution in [0, 0.1) is 0 Å². The predicted molar refractivity (Wildman–Crippen MR) is 109 cm³/mol. The highest BCUT2D eigenvalue weighted by molar-refractivity contribution is 5.97. The number of nitrogens with zero attached hydrogens (tertiary/aromatic N) is 1. The van der Waals surface area contributed by atoms with Crippen molar-refractivity contribution in [3.8, 4) is 28.4 Å². The Morgan fingerprint density at radius 2 is 1.68 bits per heavy atom. The summed E-state index contributed by atoms with van der Waals surface area (Å²) in [6.45, 7) is 0.317. The molecule has 3 aromatic carbocycles. The van der Waals surface area contributed by atoms with E-state index in [2.05, 4.69) is 0 Å². The van der Waals surface area contributed by atoms with E-state index in [0.29, 0.717) is 23.2 Å². The van der Waals surface area contributed by atoms with Crippen molar-refractivity contribution in [2.45, 2.75) is 6.54 Å². The second kappa shape index (κ2) is 7.12. The number of ether oxygens (including phenoxy) is 1. The molecule has 5 heteroatoms. The van der Waals surface area contributed by atoms with Gasteiger partial charge in [0, 0.05) is 10.9 Å². The topological polar surface area (TPSA) is 71.7 Å². The van der Waals surface area contributed by atoms with Crippen molar-refractivity contribution < 1.29 is 14.9 Å². The highest BCUT2D eigenvalue weighted by Gasteiger charge is 2.18. The van der Waals surface area contributed by atoms with Crippen molar-refractivity contribution in [3.63, 3.8) is 0 Å². The number of para-hydroxylation sites is 1. The van der Waals surface area contributed by atoms with Crippen molar-refractivity contribution in [3.05, 3.63) is 88.7 Å². The average Bonchev–Trinajstić information content (AvgIpc) is 2.72. The lowest BCUT2D eigenvalue weighted by Gasteiger charge is -2.16. The maximum Gasteiger partial charge on any atom is 0.294 e. The molecule has 0 saturated carbocycles. The van der Waals surface area contributed by atoms with E-state index in [4.69, 9.17) is 4.74 Å². The molecule has 1 aromatic heterocycles. The van der Waals surface area contributed by atoms with E-state index in [9.17, 15) is 15.0 Å². The molecule has 0 amide bonds. The average molecular weight is 373 g/mol. The summed E-state index contributed by atoms with van der Waals surface area (Å²) in [5.74, 6) is 0.476. The fourth-order valence-corrected chi connectivity index (χ4v) is 3.42. The Hall–Kier alpha value is -3.73. The van der Waals surface area contributed by atoms with E-state index in [0.717, 1.165) is 16.7 Å². The van der Waals surface area contributed by atoms with E-state index < -0.39 is 5.56 Å². The van der Waals surface area contributed by atoms with Crippen molar-refractivity contribution in [2.75, 3.05) is 7.11 Å². The quantitative estimate of drug-likeness (QED) is 0.564. The second-order valence-electron chi connectivity index (χ2n) is 6.53. The van der Waals surface area contributed by atoms with E-state index >= 15 is 0 Å². The number of pyridine rings is 1. The third-order valence-corrected chi connectivity index (χ3v) is 4.78. The first-order chi connectivity index (χ1) is 13.6. The molecule has 4 aromatic rings. The van der Waals surface area contributed by atoms with Crippen molar-refractivity contribution in [2.24, 2.45) is 0 Å². The molecule has 28 heavy (non-hydrogen) atoms. The molecular weight excluding hydrogens is 354 g/mol. The van der Waals surface area contributed by atoms with Gasteiger partial charge in [-0.05, 0) is 41.5 Å². The van der Waals surface area contributed by atoms with Gasteiger partial charge in [-0.3, -0.25) is 4.79 Å². The summed E-state index contributed by atoms with van der Waals surface area (Å²) in [5.41, 5.74) is 2.15. The zero-order valence-electron chi connectivity index (χ0n) is 15.3. The number of hydrogen-bond acceptors (Lipinski definition) is 4. The molecule has 0 aliphatic carbocycles. The van der Waals surface area contributed by atoms with Gasteiger partial charge in [0.15, 0.2) is 5.75 Å². The SMILES string of the molecule is COc1ccc(Cn2c(=O)c(O)c(-c3cccc(O)c3)c3ccccc32)cc1. The molecule has 0 aliphatic heterocycles. The van der Waals surface area contributed by atoms with Crippen LogP contribution in [0.15, 0.2) is 77.6 Å². The Kier molecular flexibility index (Phi) is 4.49. The van der Waals surface area contributed by atoms with Gasteiger partial charge in [0.05, 0.1) is 19.2 Å². The summed E-state index contributed by atoms with van der Waals surface area (Å²) in [4.78, 5) is 13.0. The summed E-state index contributed by atoms with van der Waals surface area (Å²) in [6.07, 6.45) is 0. The van der Waals surface area contributed by atoms with Crippen LogP contribution in [0.2, 0.25) is 0 Å². The van der Waals surface area contributed by atoms with Gasteiger partial charge in [-0.15, -0.1) is 0 Å². The van der Waals surface area contributed by atoms with Gasteiger partial charge in [0.2, 0.25) is 0 Å². The maximum atomic E-state index is 13.0. The molecule has 1 heterocycles. The molecule has 0 spiro atoms. The summed E-state index contributed by atoms with van der Waals surface area (Å²) >= 11 is 0. The first kappa shape index (κ1) is 17.7. The maximum absolute atomic E-state index is 13.0. The molecule has 0 fully saturated rings. The van der Waals surface area contributed by atoms with Crippen molar-refractivity contribution in [1.29, 1.82) is 0 Å². The second-order valence-corrected chi connectivity index (χ2v) is 6.53. The highest BCUT2D eigenvalue weighted by Crippen LogP contribution is 2.35. The number of phenolic OH excluding ortho intramolecular Hbond substituents is 1. The van der Waals surface area contributed by atoms with Crippen LogP contribution >= 0.6 is 0 Å². The van der Waals surface area contributed by atoms with E-state index in [1.54, 1.807) is 29.9 Å². The predicted octanol–water partition coefficient (Wildman–Crippen LogP) is 4.14. The zero-order valence-corrected chi connectivity index (χ0v) is 15.3.